The zero-order valence-corrected chi connectivity index (χ0v) is 34.8. The molecular formula is C42H52N6O8S2. The average molecular weight is 833 g/mol. The summed E-state index contributed by atoms with van der Waals surface area (Å²) in [6, 6.07) is 8.33. The zero-order valence-electron chi connectivity index (χ0n) is 33.1. The third-order valence-electron chi connectivity index (χ3n) is 11.0. The number of aromatic nitrogens is 2. The van der Waals surface area contributed by atoms with Crippen LogP contribution in [0.3, 0.4) is 0 Å². The first-order valence-electron chi connectivity index (χ1n) is 20.1. The van der Waals surface area contributed by atoms with Gasteiger partial charge in [-0.3, -0.25) is 19.1 Å². The van der Waals surface area contributed by atoms with E-state index in [0.29, 0.717) is 61.7 Å². The van der Waals surface area contributed by atoms with E-state index < -0.39 is 80.4 Å². The Bertz CT molecular complexity index is 2180. The van der Waals surface area contributed by atoms with Gasteiger partial charge < -0.3 is 25.0 Å². The summed E-state index contributed by atoms with van der Waals surface area (Å²) < 4.78 is 40.6. The Hall–Kier alpha value is -4.83. The van der Waals surface area contributed by atoms with Crippen LogP contribution in [0.25, 0.3) is 21.6 Å². The number of carbonyl (C=O) groups is 4. The highest BCUT2D eigenvalue weighted by molar-refractivity contribution is 7.91. The second-order valence-electron chi connectivity index (χ2n) is 16.6. The minimum absolute atomic E-state index is 0.00943. The SMILES string of the molecule is C=CCC[C@H]1[C@H](Oc2nc3ccccc3nc2-c2cccs2)CC2C(=O)NC3(C(=O)NS(=O)(=O)C4CC4)CC3/C=C\CCCCCC(NC(=O)OC(C)(C)C)C(=O)N21. The van der Waals surface area contributed by atoms with Crippen LogP contribution >= 0.6 is 11.3 Å². The van der Waals surface area contributed by atoms with Gasteiger partial charge in [0, 0.05) is 12.3 Å². The van der Waals surface area contributed by atoms with Crippen LogP contribution in [0.2, 0.25) is 0 Å². The van der Waals surface area contributed by atoms with Gasteiger partial charge in [0.1, 0.15) is 35.0 Å². The van der Waals surface area contributed by atoms with E-state index in [1.54, 1.807) is 26.8 Å². The zero-order chi connectivity index (χ0) is 41.2. The predicted molar refractivity (Wildman–Crippen MR) is 220 cm³/mol. The van der Waals surface area contributed by atoms with E-state index in [1.165, 1.54) is 16.2 Å². The maximum atomic E-state index is 15.1. The molecular weight excluding hydrogens is 781 g/mol. The van der Waals surface area contributed by atoms with Crippen molar-refractivity contribution >= 4 is 56.2 Å². The number of ether oxygens (including phenoxy) is 2. The van der Waals surface area contributed by atoms with Crippen molar-refractivity contribution in [1.82, 2.24) is 30.2 Å². The molecule has 2 aliphatic heterocycles. The van der Waals surface area contributed by atoms with Crippen molar-refractivity contribution in [3.8, 4) is 16.5 Å². The highest BCUT2D eigenvalue weighted by Gasteiger charge is 2.62. The normalized spacial score (nSPS) is 27.2. The molecule has 2 aliphatic carbocycles. The third-order valence-corrected chi connectivity index (χ3v) is 13.7. The van der Waals surface area contributed by atoms with Gasteiger partial charge in [-0.25, -0.2) is 23.2 Å². The molecule has 16 heteroatoms. The predicted octanol–water partition coefficient (Wildman–Crippen LogP) is 5.94. The number of nitrogens with zero attached hydrogens (tertiary/aromatic N) is 3. The Balaban J connectivity index is 1.29. The topological polar surface area (TPSA) is 186 Å². The van der Waals surface area contributed by atoms with Gasteiger partial charge in [-0.1, -0.05) is 49.3 Å². The molecule has 4 unspecified atom stereocenters. The molecule has 4 heterocycles. The Morgan fingerprint density at radius 1 is 1.07 bits per heavy atom. The monoisotopic (exact) mass is 832 g/mol. The molecule has 14 nitrogen and oxygen atoms in total. The molecule has 2 aromatic heterocycles. The number of rotatable bonds is 10. The highest BCUT2D eigenvalue weighted by Crippen LogP contribution is 2.46. The van der Waals surface area contributed by atoms with Crippen LogP contribution in [-0.2, 0) is 29.1 Å². The molecule has 0 bridgehead atoms. The van der Waals surface area contributed by atoms with E-state index >= 15 is 4.79 Å². The van der Waals surface area contributed by atoms with Gasteiger partial charge in [0.25, 0.3) is 5.91 Å². The number of carbonyl (C=O) groups excluding carboxylic acids is 4. The van der Waals surface area contributed by atoms with Gasteiger partial charge in [0.05, 0.1) is 27.2 Å². The van der Waals surface area contributed by atoms with Crippen LogP contribution in [0.15, 0.2) is 66.6 Å². The average Bonchev–Trinajstić information content (AvgIpc) is 4.05. The molecule has 0 spiro atoms. The van der Waals surface area contributed by atoms with Crippen LogP contribution in [0.1, 0.15) is 91.4 Å². The first-order chi connectivity index (χ1) is 27.7. The smallest absolute Gasteiger partial charge is 0.408 e. The molecule has 0 radical (unpaired) electrons. The van der Waals surface area contributed by atoms with Gasteiger partial charge in [-0.15, -0.1) is 17.9 Å². The van der Waals surface area contributed by atoms with Gasteiger partial charge in [-0.2, -0.15) is 0 Å². The lowest BCUT2D eigenvalue weighted by Gasteiger charge is -2.35. The van der Waals surface area contributed by atoms with Gasteiger partial charge in [0.2, 0.25) is 27.7 Å². The van der Waals surface area contributed by atoms with Crippen molar-refractivity contribution in [3.63, 3.8) is 0 Å². The number of fused-ring (bicyclic) bond motifs is 3. The van der Waals surface area contributed by atoms with E-state index in [1.807, 2.05) is 53.9 Å². The standard InChI is InChI=1S/C42H52N6O8S2/c1-5-6-19-31-33(55-37-35(34-20-14-23-57-34)43-28-16-12-13-17-29(28)44-37)24-32-36(49)46-42(39(51)47-58(53,54)27-21-22-27)25-26(42)15-10-8-7-9-11-18-30(38(50)48(31)32)45-40(52)56-41(2,3)4/h5,10,12-17,20,23,26-27,30-33H,1,6-9,11,18-19,21-22,24-25H2,2-4H3,(H,45,52)(H,46,49)(H,47,51)/b15-10-/t26?,30?,31-,32?,33+,42?/m0/s1. The molecule has 1 aromatic carbocycles. The van der Waals surface area contributed by atoms with E-state index in [4.69, 9.17) is 19.4 Å². The van der Waals surface area contributed by atoms with E-state index in [2.05, 4.69) is 21.9 Å². The quantitative estimate of drug-likeness (QED) is 0.207. The molecule has 4 aliphatic rings. The van der Waals surface area contributed by atoms with Crippen molar-refractivity contribution in [1.29, 1.82) is 0 Å². The first-order valence-corrected chi connectivity index (χ1v) is 22.6. The second-order valence-corrected chi connectivity index (χ2v) is 19.6. The molecule has 6 atom stereocenters. The fraction of sp³-hybridized carbons (Fsp3) is 0.524. The Morgan fingerprint density at radius 3 is 2.52 bits per heavy atom. The van der Waals surface area contributed by atoms with Crippen LogP contribution in [0.5, 0.6) is 5.88 Å². The number of amides is 4. The van der Waals surface area contributed by atoms with Gasteiger partial charge in [-0.05, 0) is 95.7 Å². The Morgan fingerprint density at radius 2 is 1.83 bits per heavy atom. The molecule has 3 fully saturated rings. The summed E-state index contributed by atoms with van der Waals surface area (Å²) in [6.07, 6.45) is 9.07. The largest absolute Gasteiger partial charge is 0.470 e. The minimum atomic E-state index is -3.92. The number of allylic oxidation sites excluding steroid dienone is 2. The van der Waals surface area contributed by atoms with Crippen LogP contribution in [0.4, 0.5) is 4.79 Å². The summed E-state index contributed by atoms with van der Waals surface area (Å²) in [6.45, 7) is 9.13. The Kier molecular flexibility index (Phi) is 12.0. The number of hydrogen-bond acceptors (Lipinski definition) is 11. The molecule has 7 rings (SSSR count). The molecule has 58 heavy (non-hydrogen) atoms. The number of hydrogen-bond donors (Lipinski definition) is 3. The van der Waals surface area contributed by atoms with E-state index in [-0.39, 0.29) is 18.7 Å². The summed E-state index contributed by atoms with van der Waals surface area (Å²) in [5, 5.41) is 7.04. The van der Waals surface area contributed by atoms with Crippen molar-refractivity contribution in [2.75, 3.05) is 0 Å². The molecule has 4 amide bonds. The second kappa shape index (κ2) is 16.8. The summed E-state index contributed by atoms with van der Waals surface area (Å²) in [5.74, 6) is -2.14. The molecule has 3 N–H and O–H groups in total. The number of sulfonamides is 1. The van der Waals surface area contributed by atoms with E-state index in [9.17, 15) is 22.8 Å². The summed E-state index contributed by atoms with van der Waals surface area (Å²) in [7, 11) is -3.92. The number of para-hydroxylation sites is 2. The fourth-order valence-corrected chi connectivity index (χ4v) is 9.95. The van der Waals surface area contributed by atoms with Gasteiger partial charge in [0.15, 0.2) is 0 Å². The van der Waals surface area contributed by atoms with Gasteiger partial charge >= 0.3 is 6.09 Å². The summed E-state index contributed by atoms with van der Waals surface area (Å²) >= 11 is 1.47. The molecule has 1 saturated heterocycles. The third kappa shape index (κ3) is 9.22. The van der Waals surface area contributed by atoms with Crippen molar-refractivity contribution in [2.45, 2.75) is 132 Å². The van der Waals surface area contributed by atoms with E-state index in [0.717, 1.165) is 17.7 Å². The Labute approximate surface area is 343 Å². The van der Waals surface area contributed by atoms with Crippen LogP contribution in [-0.4, -0.2) is 87.7 Å². The lowest BCUT2D eigenvalue weighted by molar-refractivity contribution is -0.143. The van der Waals surface area contributed by atoms with Crippen molar-refractivity contribution in [2.24, 2.45) is 5.92 Å². The fourth-order valence-electron chi connectivity index (χ4n) is 7.88. The molecule has 310 valence electrons. The van der Waals surface area contributed by atoms with Crippen LogP contribution < -0.4 is 20.1 Å². The van der Waals surface area contributed by atoms with Crippen LogP contribution in [0, 0.1) is 5.92 Å². The number of thiophene rings is 1. The molecule has 3 aromatic rings. The number of benzene rings is 1. The lowest BCUT2D eigenvalue weighted by Crippen LogP contribution is -2.60. The summed E-state index contributed by atoms with van der Waals surface area (Å²) in [5.41, 5.74) is -0.576. The number of alkyl carbamates (subject to hydrolysis) is 1. The highest BCUT2D eigenvalue weighted by atomic mass is 32.2. The maximum Gasteiger partial charge on any atom is 0.408 e. The maximum absolute atomic E-state index is 15.1. The summed E-state index contributed by atoms with van der Waals surface area (Å²) in [4.78, 5) is 69.2. The van der Waals surface area contributed by atoms with Crippen molar-refractivity contribution < 1.29 is 37.1 Å². The number of nitrogens with one attached hydrogen (secondary N) is 3. The van der Waals surface area contributed by atoms with Crippen molar-refractivity contribution in [3.05, 3.63) is 66.6 Å². The minimum Gasteiger partial charge on any atom is -0.470 e. The lowest BCUT2D eigenvalue weighted by atomic mass is 10.0. The molecule has 2 saturated carbocycles. The first kappa shape index (κ1) is 41.3.